The highest BCUT2D eigenvalue weighted by Gasteiger charge is 2.10. The van der Waals surface area contributed by atoms with E-state index in [1.54, 1.807) is 18.6 Å². The number of rotatable bonds is 6. The molecule has 0 aliphatic rings. The van der Waals surface area contributed by atoms with Gasteiger partial charge in [0.15, 0.2) is 5.11 Å². The number of nitrogens with one attached hydrogen (secondary N) is 2. The molecule has 0 atom stereocenters. The summed E-state index contributed by atoms with van der Waals surface area (Å²) in [5.41, 5.74) is 6.50. The summed E-state index contributed by atoms with van der Waals surface area (Å²) in [5, 5.41) is 12.5. The van der Waals surface area contributed by atoms with Crippen molar-refractivity contribution in [2.24, 2.45) is 5.10 Å². The lowest BCUT2D eigenvalue weighted by molar-refractivity contribution is 0.817. The molecule has 132 valence electrons. The maximum Gasteiger partial charge on any atom is 0.186 e. The third-order valence-electron chi connectivity index (χ3n) is 3.62. The normalized spacial score (nSPS) is 10.8. The zero-order chi connectivity index (χ0) is 18.2. The van der Waals surface area contributed by atoms with Crippen LogP contribution in [0.3, 0.4) is 0 Å². The van der Waals surface area contributed by atoms with E-state index in [1.165, 1.54) is 0 Å². The van der Waals surface area contributed by atoms with Crippen molar-refractivity contribution in [1.29, 1.82) is 0 Å². The molecule has 0 aliphatic heterocycles. The van der Waals surface area contributed by atoms with Crippen LogP contribution in [0, 0.1) is 0 Å². The third-order valence-corrected chi connectivity index (χ3v) is 3.86. The SMILES string of the molecule is CCCNC(=S)N/N=C\c1cn(-c2ccccc2)nc1-c1ccncc1. The van der Waals surface area contributed by atoms with Crippen LogP contribution in [0.2, 0.25) is 0 Å². The van der Waals surface area contributed by atoms with Crippen LogP contribution in [0.25, 0.3) is 16.9 Å². The Bertz CT molecular complexity index is 874. The average Bonchev–Trinajstić information content (AvgIpc) is 3.12. The van der Waals surface area contributed by atoms with Gasteiger partial charge in [-0.2, -0.15) is 10.2 Å². The summed E-state index contributed by atoms with van der Waals surface area (Å²) in [4.78, 5) is 4.07. The summed E-state index contributed by atoms with van der Waals surface area (Å²) in [7, 11) is 0. The highest BCUT2D eigenvalue weighted by Crippen LogP contribution is 2.21. The fourth-order valence-electron chi connectivity index (χ4n) is 2.37. The zero-order valence-corrected chi connectivity index (χ0v) is 15.3. The van der Waals surface area contributed by atoms with Gasteiger partial charge >= 0.3 is 0 Å². The smallest absolute Gasteiger partial charge is 0.186 e. The van der Waals surface area contributed by atoms with Crippen LogP contribution >= 0.6 is 12.2 Å². The van der Waals surface area contributed by atoms with Gasteiger partial charge in [-0.1, -0.05) is 25.1 Å². The number of para-hydroxylation sites is 1. The second-order valence-electron chi connectivity index (χ2n) is 5.57. The van der Waals surface area contributed by atoms with E-state index in [-0.39, 0.29) is 0 Å². The molecule has 0 saturated heterocycles. The van der Waals surface area contributed by atoms with E-state index < -0.39 is 0 Å². The van der Waals surface area contributed by atoms with Crippen molar-refractivity contribution in [3.63, 3.8) is 0 Å². The van der Waals surface area contributed by atoms with Gasteiger partial charge in [-0.05, 0) is 42.9 Å². The number of hydrazone groups is 1. The van der Waals surface area contributed by atoms with Crippen LogP contribution in [-0.4, -0.2) is 32.6 Å². The molecule has 0 fully saturated rings. The molecule has 2 aromatic heterocycles. The highest BCUT2D eigenvalue weighted by atomic mass is 32.1. The van der Waals surface area contributed by atoms with E-state index in [4.69, 9.17) is 17.3 Å². The van der Waals surface area contributed by atoms with E-state index in [1.807, 2.05) is 53.3 Å². The summed E-state index contributed by atoms with van der Waals surface area (Å²) in [6, 6.07) is 13.8. The molecule has 26 heavy (non-hydrogen) atoms. The van der Waals surface area contributed by atoms with Crippen LogP contribution in [0.15, 0.2) is 66.2 Å². The van der Waals surface area contributed by atoms with Gasteiger partial charge in [-0.15, -0.1) is 0 Å². The minimum Gasteiger partial charge on any atom is -0.361 e. The summed E-state index contributed by atoms with van der Waals surface area (Å²) < 4.78 is 1.84. The van der Waals surface area contributed by atoms with Gasteiger partial charge in [-0.3, -0.25) is 10.4 Å². The molecule has 2 heterocycles. The summed E-state index contributed by atoms with van der Waals surface area (Å²) in [6.07, 6.45) is 8.17. The Balaban J connectivity index is 1.87. The first-order valence-electron chi connectivity index (χ1n) is 8.40. The molecule has 1 aromatic carbocycles. The van der Waals surface area contributed by atoms with Crippen LogP contribution in [0.1, 0.15) is 18.9 Å². The predicted molar refractivity (Wildman–Crippen MR) is 108 cm³/mol. The quantitative estimate of drug-likeness (QED) is 0.400. The Morgan fingerprint density at radius 2 is 1.96 bits per heavy atom. The summed E-state index contributed by atoms with van der Waals surface area (Å²) >= 11 is 5.18. The molecular formula is C19H20N6S. The van der Waals surface area contributed by atoms with Gasteiger partial charge in [0.2, 0.25) is 0 Å². The highest BCUT2D eigenvalue weighted by molar-refractivity contribution is 7.80. The number of benzene rings is 1. The largest absolute Gasteiger partial charge is 0.361 e. The fraction of sp³-hybridized carbons (Fsp3) is 0.158. The first kappa shape index (κ1) is 17.8. The van der Waals surface area contributed by atoms with Gasteiger partial charge in [0, 0.05) is 36.3 Å². The molecular weight excluding hydrogens is 344 g/mol. The first-order chi connectivity index (χ1) is 12.8. The van der Waals surface area contributed by atoms with Crippen LogP contribution in [0.4, 0.5) is 0 Å². The van der Waals surface area contributed by atoms with Crippen molar-refractivity contribution < 1.29 is 0 Å². The van der Waals surface area contributed by atoms with Gasteiger partial charge in [0.05, 0.1) is 11.9 Å². The second kappa shape index (κ2) is 8.87. The number of pyridine rings is 1. The number of hydrogen-bond donors (Lipinski definition) is 2. The minimum atomic E-state index is 0.504. The number of nitrogens with zero attached hydrogens (tertiary/aromatic N) is 4. The third kappa shape index (κ3) is 4.52. The predicted octanol–water partition coefficient (Wildman–Crippen LogP) is 3.14. The number of aromatic nitrogens is 3. The lowest BCUT2D eigenvalue weighted by atomic mass is 10.1. The lowest BCUT2D eigenvalue weighted by Crippen LogP contribution is -2.32. The average molecular weight is 364 g/mol. The van der Waals surface area contributed by atoms with E-state index >= 15 is 0 Å². The maximum atomic E-state index is 5.18. The van der Waals surface area contributed by atoms with Crippen LogP contribution in [0.5, 0.6) is 0 Å². The molecule has 0 unspecified atom stereocenters. The van der Waals surface area contributed by atoms with Crippen molar-refractivity contribution in [3.8, 4) is 16.9 Å². The molecule has 0 radical (unpaired) electrons. The van der Waals surface area contributed by atoms with Gasteiger partial charge in [0.1, 0.15) is 5.69 Å². The molecule has 6 nitrogen and oxygen atoms in total. The molecule has 0 aliphatic carbocycles. The van der Waals surface area contributed by atoms with Gasteiger partial charge in [0.25, 0.3) is 0 Å². The molecule has 3 rings (SSSR count). The van der Waals surface area contributed by atoms with Crippen molar-refractivity contribution in [1.82, 2.24) is 25.5 Å². The van der Waals surface area contributed by atoms with E-state index in [0.717, 1.165) is 35.5 Å². The summed E-state index contributed by atoms with van der Waals surface area (Å²) in [5.74, 6) is 0. The maximum absolute atomic E-state index is 5.18. The molecule has 0 spiro atoms. The van der Waals surface area contributed by atoms with E-state index in [0.29, 0.717) is 5.11 Å². The first-order valence-corrected chi connectivity index (χ1v) is 8.81. The second-order valence-corrected chi connectivity index (χ2v) is 5.98. The van der Waals surface area contributed by atoms with Crippen molar-refractivity contribution >= 4 is 23.5 Å². The Hall–Kier alpha value is -3.06. The minimum absolute atomic E-state index is 0.504. The van der Waals surface area contributed by atoms with Crippen molar-refractivity contribution in [2.75, 3.05) is 6.54 Å². The van der Waals surface area contributed by atoms with E-state index in [9.17, 15) is 0 Å². The molecule has 3 aromatic rings. The standard InChI is InChI=1S/C19H20N6S/c1-2-10-21-19(26)23-22-13-16-14-25(17-6-4-3-5-7-17)24-18(16)15-8-11-20-12-9-15/h3-9,11-14H,2,10H2,1H3,(H2,21,23,26)/b22-13-. The Morgan fingerprint density at radius 1 is 1.19 bits per heavy atom. The van der Waals surface area contributed by atoms with Gasteiger partial charge < -0.3 is 5.32 Å². The summed E-state index contributed by atoms with van der Waals surface area (Å²) in [6.45, 7) is 2.90. The fourth-order valence-corrected chi connectivity index (χ4v) is 2.52. The lowest BCUT2D eigenvalue weighted by Gasteiger charge is -2.04. The zero-order valence-electron chi connectivity index (χ0n) is 14.5. The Kier molecular flexibility index (Phi) is 6.05. The Morgan fingerprint density at radius 3 is 2.69 bits per heavy atom. The molecule has 0 bridgehead atoms. The van der Waals surface area contributed by atoms with Crippen LogP contribution < -0.4 is 10.7 Å². The van der Waals surface area contributed by atoms with Crippen LogP contribution in [-0.2, 0) is 0 Å². The molecule has 0 saturated carbocycles. The molecule has 0 amide bonds. The molecule has 7 heteroatoms. The monoisotopic (exact) mass is 364 g/mol. The van der Waals surface area contributed by atoms with Gasteiger partial charge in [-0.25, -0.2) is 4.68 Å². The number of thiocarbonyl (C=S) groups is 1. The topological polar surface area (TPSA) is 67.1 Å². The molecule has 2 N–H and O–H groups in total. The van der Waals surface area contributed by atoms with Crippen molar-refractivity contribution in [2.45, 2.75) is 13.3 Å². The number of hydrogen-bond acceptors (Lipinski definition) is 4. The Labute approximate surface area is 158 Å². The van der Waals surface area contributed by atoms with E-state index in [2.05, 4.69) is 27.8 Å². The van der Waals surface area contributed by atoms with Crippen molar-refractivity contribution in [3.05, 3.63) is 66.6 Å².